The van der Waals surface area contributed by atoms with E-state index in [4.69, 9.17) is 0 Å². The van der Waals surface area contributed by atoms with Crippen molar-refractivity contribution < 1.29 is 0 Å². The van der Waals surface area contributed by atoms with Gasteiger partial charge in [0.1, 0.15) is 0 Å². The molecule has 0 bridgehead atoms. The molecule has 1 aromatic carbocycles. The van der Waals surface area contributed by atoms with Crippen molar-refractivity contribution in [3.05, 3.63) is 96.1 Å². The van der Waals surface area contributed by atoms with Gasteiger partial charge in [-0.25, -0.2) is 0 Å². The van der Waals surface area contributed by atoms with Crippen molar-refractivity contribution in [1.29, 1.82) is 0 Å². The molecule has 0 N–H and O–H groups in total. The molecule has 2 heteroatoms. The summed E-state index contributed by atoms with van der Waals surface area (Å²) in [4.78, 5) is 8.11. The molecule has 0 atom stereocenters. The van der Waals surface area contributed by atoms with Gasteiger partial charge in [0, 0.05) is 24.3 Å². The summed E-state index contributed by atoms with van der Waals surface area (Å²) in [5.74, 6) is 1.82. The Labute approximate surface area is 229 Å². The fraction of sp³-hybridized carbons (Fsp3) is 0.529. The Hall–Kier alpha value is -2.48. The second-order valence-corrected chi connectivity index (χ2v) is 7.41. The molecule has 210 valence electrons. The molecule has 0 aliphatic rings. The molecule has 36 heavy (non-hydrogen) atoms. The Morgan fingerprint density at radius 2 is 0.833 bits per heavy atom. The van der Waals surface area contributed by atoms with E-state index in [2.05, 4.69) is 75.8 Å². The normalized spacial score (nSPS) is 8.08. The third-order valence-corrected chi connectivity index (χ3v) is 4.12. The molecule has 0 amide bonds. The van der Waals surface area contributed by atoms with Crippen LogP contribution in [-0.4, -0.2) is 9.97 Å². The minimum Gasteiger partial charge on any atom is -0.265 e. The van der Waals surface area contributed by atoms with E-state index >= 15 is 0 Å². The number of hydrogen-bond acceptors (Lipinski definition) is 2. The first kappa shape index (κ1) is 46.8. The van der Waals surface area contributed by atoms with Crippen LogP contribution in [0.3, 0.4) is 0 Å². The second-order valence-electron chi connectivity index (χ2n) is 7.41. The fourth-order valence-electron chi connectivity index (χ4n) is 2.30. The number of rotatable bonds is 3. The van der Waals surface area contributed by atoms with Gasteiger partial charge in [-0.1, -0.05) is 142 Å². The van der Waals surface area contributed by atoms with Gasteiger partial charge in [0.25, 0.3) is 0 Å². The zero-order valence-electron chi connectivity index (χ0n) is 23.6. The Morgan fingerprint density at radius 1 is 0.444 bits per heavy atom. The number of hydrogen-bond donors (Lipinski definition) is 0. The highest BCUT2D eigenvalue weighted by molar-refractivity contribution is 5.17. The van der Waals surface area contributed by atoms with Crippen molar-refractivity contribution in [3.8, 4) is 0 Å². The van der Waals surface area contributed by atoms with E-state index < -0.39 is 0 Å². The summed E-state index contributed by atoms with van der Waals surface area (Å²) in [7, 11) is 0. The average molecular weight is 501 g/mol. The minimum atomic E-state index is 0. The van der Waals surface area contributed by atoms with E-state index in [0.717, 1.165) is 5.69 Å². The van der Waals surface area contributed by atoms with E-state index in [1.807, 2.05) is 96.5 Å². The maximum absolute atomic E-state index is 4.18. The highest BCUT2D eigenvalue weighted by Gasteiger charge is 1.96. The van der Waals surface area contributed by atoms with Crippen molar-refractivity contribution in [3.63, 3.8) is 0 Å². The quantitative estimate of drug-likeness (QED) is 0.357. The number of pyridine rings is 2. The summed E-state index contributed by atoms with van der Waals surface area (Å²) in [6, 6.07) is 20.6. The van der Waals surface area contributed by atoms with Gasteiger partial charge < -0.3 is 0 Å². The lowest BCUT2D eigenvalue weighted by Gasteiger charge is -2.01. The van der Waals surface area contributed by atoms with Gasteiger partial charge in [-0.3, -0.25) is 9.97 Å². The molecule has 0 radical (unpaired) electrons. The summed E-state index contributed by atoms with van der Waals surface area (Å²) in [6.07, 6.45) is 5.49. The van der Waals surface area contributed by atoms with Crippen molar-refractivity contribution >= 4 is 0 Å². The van der Waals surface area contributed by atoms with Gasteiger partial charge >= 0.3 is 0 Å². The molecule has 0 aliphatic carbocycles. The van der Waals surface area contributed by atoms with Crippen molar-refractivity contribution in [2.75, 3.05) is 0 Å². The van der Waals surface area contributed by atoms with Crippen molar-refractivity contribution in [2.45, 2.75) is 123 Å². The Kier molecular flexibility index (Phi) is 45.1. The predicted octanol–water partition coefficient (Wildman–Crippen LogP) is 12.2. The summed E-state index contributed by atoms with van der Waals surface area (Å²) in [5, 5.41) is 0. The Bertz CT molecular complexity index is 603. The summed E-state index contributed by atoms with van der Waals surface area (Å²) < 4.78 is 0. The number of benzene rings is 1. The van der Waals surface area contributed by atoms with Crippen LogP contribution in [0, 0.1) is 0 Å². The average Bonchev–Trinajstić information content (AvgIpc) is 2.90. The van der Waals surface area contributed by atoms with Crippen LogP contribution in [0.1, 0.15) is 140 Å². The van der Waals surface area contributed by atoms with Crippen LogP contribution >= 0.6 is 0 Å². The van der Waals surface area contributed by atoms with Gasteiger partial charge in [-0.05, 0) is 53.1 Å². The first-order valence-electron chi connectivity index (χ1n) is 12.8. The van der Waals surface area contributed by atoms with E-state index in [0.29, 0.717) is 17.8 Å². The molecule has 3 aromatic rings. The first-order valence-corrected chi connectivity index (χ1v) is 12.8. The number of nitrogens with zero attached hydrogens (tertiary/aromatic N) is 2. The zero-order chi connectivity index (χ0) is 26.1. The smallest absolute Gasteiger partial charge is 0.0428 e. The van der Waals surface area contributed by atoms with Gasteiger partial charge in [-0.2, -0.15) is 0 Å². The molecule has 0 aliphatic heterocycles. The molecular weight excluding hydrogens is 436 g/mol. The molecule has 3 rings (SSSR count). The molecule has 2 heterocycles. The lowest BCUT2D eigenvalue weighted by atomic mass is 10.0. The molecular formula is C34H64N2. The molecule has 0 spiro atoms. The third kappa shape index (κ3) is 26.1. The zero-order valence-corrected chi connectivity index (χ0v) is 23.6. The van der Waals surface area contributed by atoms with Crippen LogP contribution in [0.25, 0.3) is 0 Å². The lowest BCUT2D eigenvalue weighted by molar-refractivity contribution is 0.823. The number of aromatic nitrogens is 2. The van der Waals surface area contributed by atoms with E-state index in [-0.39, 0.29) is 22.3 Å². The minimum absolute atomic E-state index is 0. The molecule has 0 unspecified atom stereocenters. The van der Waals surface area contributed by atoms with Gasteiger partial charge in [-0.15, -0.1) is 0 Å². The Morgan fingerprint density at radius 3 is 1.08 bits per heavy atom. The second kappa shape index (κ2) is 34.7. The van der Waals surface area contributed by atoms with Crippen LogP contribution in [-0.2, 0) is 0 Å². The van der Waals surface area contributed by atoms with Crippen LogP contribution < -0.4 is 0 Å². The third-order valence-electron chi connectivity index (χ3n) is 4.12. The van der Waals surface area contributed by atoms with E-state index in [1.54, 1.807) is 0 Å². The lowest BCUT2D eigenvalue weighted by Crippen LogP contribution is -1.88. The summed E-state index contributed by atoms with van der Waals surface area (Å²) in [5.41, 5.74) is 3.93. The van der Waals surface area contributed by atoms with Crippen LogP contribution in [0.2, 0.25) is 0 Å². The van der Waals surface area contributed by atoms with Gasteiger partial charge in [0.15, 0.2) is 0 Å². The van der Waals surface area contributed by atoms with Gasteiger partial charge in [0.05, 0.1) is 0 Å². The standard InChI is InChI=1S/C9H12.2C8H11N.3C2H6.3CH4/c1-8(2)9-6-4-3-5-7-9;1-7(2)8-3-5-9-6-4-8;1-7(2)8-5-3-4-6-9-8;3*1-2;;;/h3-8H,1-2H3;2*3-7H,1-2H3;3*1-2H3;3*1H4. The highest BCUT2D eigenvalue weighted by atomic mass is 14.7. The van der Waals surface area contributed by atoms with Crippen LogP contribution in [0.15, 0.2) is 79.3 Å². The van der Waals surface area contributed by atoms with E-state index in [1.165, 1.54) is 11.1 Å². The van der Waals surface area contributed by atoms with Crippen molar-refractivity contribution in [2.24, 2.45) is 0 Å². The molecule has 0 saturated heterocycles. The maximum Gasteiger partial charge on any atom is 0.0428 e. The predicted molar refractivity (Wildman–Crippen MR) is 171 cm³/mol. The summed E-state index contributed by atoms with van der Waals surface area (Å²) in [6.45, 7) is 25.0. The molecule has 2 aromatic heterocycles. The van der Waals surface area contributed by atoms with Crippen molar-refractivity contribution in [1.82, 2.24) is 9.97 Å². The van der Waals surface area contributed by atoms with Gasteiger partial charge in [0.2, 0.25) is 0 Å². The first-order chi connectivity index (χ1) is 15.9. The largest absolute Gasteiger partial charge is 0.265 e. The maximum atomic E-state index is 4.18. The molecule has 0 saturated carbocycles. The molecule has 2 nitrogen and oxygen atoms in total. The molecule has 0 fully saturated rings. The highest BCUT2D eigenvalue weighted by Crippen LogP contribution is 2.12. The SMILES string of the molecule is C.C.C.CC.CC.CC.CC(C)c1ccccc1.CC(C)c1ccccn1.CC(C)c1ccncc1. The van der Waals surface area contributed by atoms with Crippen LogP contribution in [0.5, 0.6) is 0 Å². The van der Waals surface area contributed by atoms with E-state index in [9.17, 15) is 0 Å². The van der Waals surface area contributed by atoms with Crippen LogP contribution in [0.4, 0.5) is 0 Å². The Balaban J connectivity index is -0.0000000816. The summed E-state index contributed by atoms with van der Waals surface area (Å²) >= 11 is 0. The topological polar surface area (TPSA) is 25.8 Å². The fourth-order valence-corrected chi connectivity index (χ4v) is 2.30. The monoisotopic (exact) mass is 501 g/mol.